The van der Waals surface area contributed by atoms with Crippen molar-refractivity contribution in [1.82, 2.24) is 0 Å². The molecule has 7 rings (SSSR count). The van der Waals surface area contributed by atoms with Crippen LogP contribution in [0, 0.1) is 11.8 Å². The normalized spacial score (nSPS) is 35.0. The number of esters is 4. The van der Waals surface area contributed by atoms with Crippen LogP contribution in [-0.2, 0) is 41.7 Å². The van der Waals surface area contributed by atoms with Crippen LogP contribution in [0.3, 0.4) is 0 Å². The zero-order chi connectivity index (χ0) is 36.6. The summed E-state index contributed by atoms with van der Waals surface area (Å²) >= 11 is 0. The first-order valence-corrected chi connectivity index (χ1v) is 19.5. The van der Waals surface area contributed by atoms with Crippen molar-refractivity contribution in [1.29, 1.82) is 0 Å². The average Bonchev–Trinajstić information content (AvgIpc) is 3.03. The lowest BCUT2D eigenvalue weighted by Gasteiger charge is -2.55. The van der Waals surface area contributed by atoms with Gasteiger partial charge in [-0.1, -0.05) is 0 Å². The smallest absolute Gasteiger partial charge is 0.310 e. The van der Waals surface area contributed by atoms with Gasteiger partial charge >= 0.3 is 23.9 Å². The van der Waals surface area contributed by atoms with Gasteiger partial charge in [0.25, 0.3) is 0 Å². The van der Waals surface area contributed by atoms with E-state index >= 15 is 0 Å². The van der Waals surface area contributed by atoms with Gasteiger partial charge in [0, 0.05) is 50.7 Å². The second-order valence-electron chi connectivity index (χ2n) is 16.8. The van der Waals surface area contributed by atoms with Gasteiger partial charge in [-0.15, -0.1) is 0 Å². The molecule has 4 saturated heterocycles. The molecule has 6 unspecified atom stereocenters. The topological polar surface area (TPSA) is 105 Å². The number of quaternary nitrogens is 2. The van der Waals surface area contributed by atoms with Gasteiger partial charge in [-0.2, -0.15) is 0 Å². The summed E-state index contributed by atoms with van der Waals surface area (Å²) < 4.78 is 24.8. The highest BCUT2D eigenvalue weighted by molar-refractivity contribution is 5.84. The number of piperidine rings is 4. The molecule has 4 aliphatic heterocycles. The van der Waals surface area contributed by atoms with E-state index in [1.165, 1.54) is 37.8 Å². The lowest BCUT2D eigenvalue weighted by atomic mass is 9.73. The molecule has 2 aromatic rings. The highest BCUT2D eigenvalue weighted by Crippen LogP contribution is 2.45. The molecule has 4 bridgehead atoms. The van der Waals surface area contributed by atoms with Gasteiger partial charge < -0.3 is 27.9 Å². The first-order valence-electron chi connectivity index (χ1n) is 19.5. The van der Waals surface area contributed by atoms with Crippen LogP contribution in [0.15, 0.2) is 48.5 Å². The number of hydrogen-bond donors (Lipinski definition) is 0. The van der Waals surface area contributed by atoms with E-state index in [2.05, 4.69) is 14.1 Å². The molecule has 1 aliphatic carbocycles. The monoisotopic (exact) mass is 716 g/mol. The maximum Gasteiger partial charge on any atom is 0.310 e. The number of carbonyl (C=O) groups excluding carboxylic acids is 4. The number of carbonyl (C=O) groups is 4. The summed E-state index contributed by atoms with van der Waals surface area (Å²) in [5.74, 6) is -0.799. The molecule has 0 radical (unpaired) electrons. The quantitative estimate of drug-likeness (QED) is 0.158. The third-order valence-electron chi connectivity index (χ3n) is 13.5. The Kier molecular flexibility index (Phi) is 10.5. The summed E-state index contributed by atoms with van der Waals surface area (Å²) in [6.45, 7) is 4.59. The molecular formula is C42H56N2O8+2. The molecule has 4 heterocycles. The van der Waals surface area contributed by atoms with Crippen molar-refractivity contribution in [2.24, 2.45) is 11.8 Å². The first-order chi connectivity index (χ1) is 24.9. The van der Waals surface area contributed by atoms with Crippen molar-refractivity contribution < 1.29 is 47.1 Å². The van der Waals surface area contributed by atoms with Gasteiger partial charge in [0.05, 0.1) is 50.1 Å². The van der Waals surface area contributed by atoms with E-state index in [1.54, 1.807) is 0 Å². The van der Waals surface area contributed by atoms with Gasteiger partial charge in [0.2, 0.25) is 0 Å². The van der Waals surface area contributed by atoms with Crippen LogP contribution >= 0.6 is 0 Å². The summed E-state index contributed by atoms with van der Waals surface area (Å²) in [5, 5.41) is 0. The maximum absolute atomic E-state index is 13.6. The van der Waals surface area contributed by atoms with E-state index < -0.39 is 11.8 Å². The Bertz CT molecular complexity index is 1490. The number of ether oxygens (including phenoxy) is 4. The molecule has 5 aliphatic rings. The number of fused-ring (bicyclic) bond motifs is 4. The standard InChI is InChI=1S/C42H56N2O8/c1-27(45)49-35-15-11-29(12-16-35)25-43(3)31-7-5-8-32(43)22-37(21-31)51-41(47)39-19-20-40(39)42(48)52-38-23-33-9-6-10-34(24-38)44(33,4)26-30-13-17-36(18-14-30)50-28(2)46/h11-18,31-34,37-40H,5-10,19-26H2,1-4H3/q+2. The lowest BCUT2D eigenvalue weighted by Crippen LogP contribution is -2.65. The molecule has 1 saturated carbocycles. The molecule has 280 valence electrons. The van der Waals surface area contributed by atoms with Gasteiger partial charge in [0.1, 0.15) is 36.8 Å². The van der Waals surface area contributed by atoms with Crippen LogP contribution in [0.4, 0.5) is 0 Å². The Hall–Kier alpha value is -3.76. The van der Waals surface area contributed by atoms with E-state index in [0.29, 0.717) is 48.5 Å². The van der Waals surface area contributed by atoms with E-state index in [-0.39, 0.29) is 36.1 Å². The first kappa shape index (κ1) is 36.6. The summed E-state index contributed by atoms with van der Waals surface area (Å²) in [7, 11) is 4.69. The number of hydrogen-bond acceptors (Lipinski definition) is 8. The zero-order valence-electron chi connectivity index (χ0n) is 31.3. The van der Waals surface area contributed by atoms with E-state index in [9.17, 15) is 19.2 Å². The molecular weight excluding hydrogens is 660 g/mol. The zero-order valence-corrected chi connectivity index (χ0v) is 31.3. The van der Waals surface area contributed by atoms with Gasteiger partial charge in [-0.05, 0) is 99.9 Å². The molecule has 0 aromatic heterocycles. The fourth-order valence-corrected chi connectivity index (χ4v) is 10.5. The van der Waals surface area contributed by atoms with Gasteiger partial charge in [-0.3, -0.25) is 19.2 Å². The summed E-state index contributed by atoms with van der Waals surface area (Å²) in [6.07, 6.45) is 11.3. The molecule has 10 heteroatoms. The van der Waals surface area contributed by atoms with Crippen molar-refractivity contribution in [2.75, 3.05) is 14.1 Å². The van der Waals surface area contributed by atoms with Crippen LogP contribution in [0.25, 0.3) is 0 Å². The van der Waals surface area contributed by atoms with Gasteiger partial charge in [0.15, 0.2) is 0 Å². The highest BCUT2D eigenvalue weighted by Gasteiger charge is 2.53. The SMILES string of the molecule is CC(=O)Oc1ccc(C[N+]2(C)C3CCCC2CC(OC(=O)C2CCC2C(=O)OC2CC4CCCC(C2)[N+]4(C)Cc2ccc(OC(C)=O)cc2)C3)cc1. The Morgan fingerprint density at radius 1 is 0.538 bits per heavy atom. The fourth-order valence-electron chi connectivity index (χ4n) is 10.5. The minimum absolute atomic E-state index is 0.122. The van der Waals surface area contributed by atoms with E-state index in [4.69, 9.17) is 18.9 Å². The van der Waals surface area contributed by atoms with Gasteiger partial charge in [-0.25, -0.2) is 0 Å². The fraction of sp³-hybridized carbons (Fsp3) is 0.619. The lowest BCUT2D eigenvalue weighted by molar-refractivity contribution is -0.979. The van der Waals surface area contributed by atoms with Crippen molar-refractivity contribution in [2.45, 2.75) is 140 Å². The third-order valence-corrected chi connectivity index (χ3v) is 13.5. The van der Waals surface area contributed by atoms with Crippen LogP contribution in [-0.4, -0.2) is 83.3 Å². The molecule has 2 aromatic carbocycles. The predicted molar refractivity (Wildman–Crippen MR) is 193 cm³/mol. The molecule has 5 fully saturated rings. The molecule has 0 N–H and O–H groups in total. The average molecular weight is 717 g/mol. The Morgan fingerprint density at radius 2 is 0.865 bits per heavy atom. The van der Waals surface area contributed by atoms with Crippen molar-refractivity contribution in [3.05, 3.63) is 59.7 Å². The number of nitrogens with zero attached hydrogens (tertiary/aromatic N) is 2. The number of rotatable bonds is 10. The molecule has 0 spiro atoms. The molecule has 0 amide bonds. The minimum Gasteiger partial charge on any atom is -0.462 e. The van der Waals surface area contributed by atoms with E-state index in [1.807, 2.05) is 48.5 Å². The predicted octanol–water partition coefficient (Wildman–Crippen LogP) is 6.41. The summed E-state index contributed by atoms with van der Waals surface area (Å²) in [6, 6.07) is 17.2. The van der Waals surface area contributed by atoms with Crippen molar-refractivity contribution in [3.63, 3.8) is 0 Å². The summed E-state index contributed by atoms with van der Waals surface area (Å²) in [4.78, 5) is 49.8. The third kappa shape index (κ3) is 7.65. The van der Waals surface area contributed by atoms with Crippen LogP contribution in [0.5, 0.6) is 11.5 Å². The summed E-state index contributed by atoms with van der Waals surface area (Å²) in [5.41, 5.74) is 2.41. The second kappa shape index (κ2) is 14.9. The number of benzene rings is 2. The highest BCUT2D eigenvalue weighted by atomic mass is 16.6. The molecule has 52 heavy (non-hydrogen) atoms. The maximum atomic E-state index is 13.6. The molecule has 10 nitrogen and oxygen atoms in total. The Balaban J connectivity index is 0.913. The molecule has 6 atom stereocenters. The van der Waals surface area contributed by atoms with Crippen LogP contribution in [0.1, 0.15) is 102 Å². The van der Waals surface area contributed by atoms with Crippen molar-refractivity contribution in [3.8, 4) is 11.5 Å². The Labute approximate surface area is 307 Å². The largest absolute Gasteiger partial charge is 0.462 e. The van der Waals surface area contributed by atoms with Crippen molar-refractivity contribution >= 4 is 23.9 Å². The van der Waals surface area contributed by atoms with E-state index in [0.717, 1.165) is 73.4 Å². The minimum atomic E-state index is -0.412. The van der Waals surface area contributed by atoms with Crippen LogP contribution in [0.2, 0.25) is 0 Å². The second-order valence-corrected chi connectivity index (χ2v) is 16.8. The van der Waals surface area contributed by atoms with Crippen LogP contribution < -0.4 is 9.47 Å². The Morgan fingerprint density at radius 3 is 1.15 bits per heavy atom.